The van der Waals surface area contributed by atoms with E-state index >= 15 is 0 Å². The summed E-state index contributed by atoms with van der Waals surface area (Å²) in [5, 5.41) is 2.80. The van der Waals surface area contributed by atoms with Crippen molar-refractivity contribution in [3.63, 3.8) is 0 Å². The van der Waals surface area contributed by atoms with Crippen molar-refractivity contribution in [2.75, 3.05) is 23.0 Å². The minimum absolute atomic E-state index is 0.0851. The summed E-state index contributed by atoms with van der Waals surface area (Å²) in [6, 6.07) is 13.7. The van der Waals surface area contributed by atoms with E-state index in [0.717, 1.165) is 18.4 Å². The van der Waals surface area contributed by atoms with Gasteiger partial charge in [0, 0.05) is 36.2 Å². The maximum atomic E-state index is 12.5. The van der Waals surface area contributed by atoms with E-state index in [4.69, 9.17) is 0 Å². The number of carbonyl (C=O) groups excluding carboxylic acids is 2. The molecule has 1 aliphatic heterocycles. The van der Waals surface area contributed by atoms with Crippen LogP contribution in [0.2, 0.25) is 0 Å². The second-order valence-electron chi connectivity index (χ2n) is 6.42. The van der Waals surface area contributed by atoms with Crippen LogP contribution in [0.4, 0.5) is 11.4 Å². The molecule has 2 aromatic rings. The predicted octanol–water partition coefficient (Wildman–Crippen LogP) is 2.61. The van der Waals surface area contributed by atoms with Gasteiger partial charge in [0.15, 0.2) is 9.84 Å². The molecule has 7 heteroatoms. The predicted molar refractivity (Wildman–Crippen MR) is 101 cm³/mol. The van der Waals surface area contributed by atoms with E-state index in [0.29, 0.717) is 29.8 Å². The third-order valence-corrected chi connectivity index (χ3v) is 4.96. The lowest BCUT2D eigenvalue weighted by Crippen LogP contribution is -2.23. The lowest BCUT2D eigenvalue weighted by Gasteiger charge is -2.16. The van der Waals surface area contributed by atoms with Crippen LogP contribution in [-0.4, -0.2) is 33.0 Å². The number of hydrogen-bond donors (Lipinski definition) is 1. The summed E-state index contributed by atoms with van der Waals surface area (Å²) in [6.07, 6.45) is 2.54. The van der Waals surface area contributed by atoms with Gasteiger partial charge >= 0.3 is 0 Å². The molecular formula is C19H20N2O4S. The van der Waals surface area contributed by atoms with Crippen LogP contribution in [0, 0.1) is 0 Å². The molecule has 1 heterocycles. The molecule has 1 fully saturated rings. The van der Waals surface area contributed by atoms with Crippen LogP contribution in [0.25, 0.3) is 0 Å². The van der Waals surface area contributed by atoms with Crippen LogP contribution in [0.5, 0.6) is 0 Å². The van der Waals surface area contributed by atoms with Crippen LogP contribution in [0.15, 0.2) is 48.5 Å². The molecule has 0 spiro atoms. The monoisotopic (exact) mass is 372 g/mol. The molecule has 2 aromatic carbocycles. The van der Waals surface area contributed by atoms with Gasteiger partial charge in [0.2, 0.25) is 5.91 Å². The van der Waals surface area contributed by atoms with E-state index < -0.39 is 9.84 Å². The average molecular weight is 372 g/mol. The topological polar surface area (TPSA) is 83.6 Å². The van der Waals surface area contributed by atoms with Crippen molar-refractivity contribution in [3.05, 3.63) is 59.7 Å². The van der Waals surface area contributed by atoms with E-state index in [1.807, 2.05) is 6.07 Å². The molecule has 0 aromatic heterocycles. The summed E-state index contributed by atoms with van der Waals surface area (Å²) in [4.78, 5) is 26.1. The van der Waals surface area contributed by atoms with Gasteiger partial charge in [-0.1, -0.05) is 18.2 Å². The molecule has 0 unspecified atom stereocenters. The number of anilines is 2. The van der Waals surface area contributed by atoms with Crippen molar-refractivity contribution in [1.82, 2.24) is 0 Å². The van der Waals surface area contributed by atoms with Crippen molar-refractivity contribution in [3.8, 4) is 0 Å². The molecule has 0 atom stereocenters. The first-order valence-corrected chi connectivity index (χ1v) is 10.4. The quantitative estimate of drug-likeness (QED) is 0.874. The number of benzene rings is 2. The van der Waals surface area contributed by atoms with Gasteiger partial charge in [-0.15, -0.1) is 0 Å². The zero-order valence-electron chi connectivity index (χ0n) is 14.4. The standard InChI is InChI=1S/C19H20N2O4S/c1-26(24,25)13-14-5-2-6-15(11-14)19(23)20-16-7-3-8-17(12-16)21-10-4-9-18(21)22/h2-3,5-8,11-12H,4,9-10,13H2,1H3,(H,20,23). The Labute approximate surface area is 152 Å². The fraction of sp³-hybridized carbons (Fsp3) is 0.263. The molecule has 136 valence electrons. The first-order chi connectivity index (χ1) is 12.3. The van der Waals surface area contributed by atoms with Gasteiger partial charge in [0.05, 0.1) is 5.75 Å². The van der Waals surface area contributed by atoms with Gasteiger partial charge in [-0.2, -0.15) is 0 Å². The Kier molecular flexibility index (Phi) is 5.08. The molecule has 26 heavy (non-hydrogen) atoms. The SMILES string of the molecule is CS(=O)(=O)Cc1cccc(C(=O)Nc2cccc(N3CCCC3=O)c2)c1. The lowest BCUT2D eigenvalue weighted by atomic mass is 10.1. The normalized spacial score (nSPS) is 14.5. The van der Waals surface area contributed by atoms with Gasteiger partial charge in [-0.25, -0.2) is 8.42 Å². The third-order valence-electron chi connectivity index (χ3n) is 4.11. The van der Waals surface area contributed by atoms with Gasteiger partial charge in [0.25, 0.3) is 5.91 Å². The summed E-state index contributed by atoms with van der Waals surface area (Å²) in [7, 11) is -3.17. The van der Waals surface area contributed by atoms with Gasteiger partial charge < -0.3 is 10.2 Å². The van der Waals surface area contributed by atoms with Crippen molar-refractivity contribution < 1.29 is 18.0 Å². The van der Waals surface area contributed by atoms with Crippen LogP contribution in [0.3, 0.4) is 0 Å². The highest BCUT2D eigenvalue weighted by molar-refractivity contribution is 7.89. The average Bonchev–Trinajstić information content (AvgIpc) is 3.00. The van der Waals surface area contributed by atoms with Gasteiger partial charge in [-0.3, -0.25) is 9.59 Å². The first kappa shape index (κ1) is 18.1. The Morgan fingerprint density at radius 3 is 2.62 bits per heavy atom. The van der Waals surface area contributed by atoms with E-state index in [1.54, 1.807) is 47.4 Å². The van der Waals surface area contributed by atoms with Gasteiger partial charge in [0.1, 0.15) is 0 Å². The smallest absolute Gasteiger partial charge is 0.255 e. The number of carbonyl (C=O) groups is 2. The highest BCUT2D eigenvalue weighted by atomic mass is 32.2. The summed E-state index contributed by atoms with van der Waals surface area (Å²) < 4.78 is 22.9. The lowest BCUT2D eigenvalue weighted by molar-refractivity contribution is -0.117. The highest BCUT2D eigenvalue weighted by Gasteiger charge is 2.21. The largest absolute Gasteiger partial charge is 0.322 e. The number of nitrogens with zero attached hydrogens (tertiary/aromatic N) is 1. The Morgan fingerprint density at radius 2 is 1.92 bits per heavy atom. The summed E-state index contributed by atoms with van der Waals surface area (Å²) in [5.74, 6) is -0.354. The van der Waals surface area contributed by atoms with E-state index in [-0.39, 0.29) is 17.6 Å². The van der Waals surface area contributed by atoms with Gasteiger partial charge in [-0.05, 0) is 42.3 Å². The molecule has 3 rings (SSSR count). The Balaban J connectivity index is 1.76. The summed E-state index contributed by atoms with van der Waals surface area (Å²) in [5.41, 5.74) is 2.29. The molecule has 1 N–H and O–H groups in total. The van der Waals surface area contributed by atoms with Crippen molar-refractivity contribution in [1.29, 1.82) is 0 Å². The highest BCUT2D eigenvalue weighted by Crippen LogP contribution is 2.24. The molecule has 2 amide bonds. The molecule has 1 saturated heterocycles. The van der Waals surface area contributed by atoms with Crippen LogP contribution in [-0.2, 0) is 20.4 Å². The number of nitrogens with one attached hydrogen (secondary N) is 1. The first-order valence-electron chi connectivity index (χ1n) is 8.30. The number of amides is 2. The minimum Gasteiger partial charge on any atom is -0.322 e. The summed E-state index contributed by atoms with van der Waals surface area (Å²) in [6.45, 7) is 0.684. The molecule has 0 bridgehead atoms. The fourth-order valence-electron chi connectivity index (χ4n) is 2.98. The molecule has 0 radical (unpaired) electrons. The fourth-order valence-corrected chi connectivity index (χ4v) is 3.77. The molecular weight excluding hydrogens is 352 g/mol. The third kappa shape index (κ3) is 4.49. The van der Waals surface area contributed by atoms with Crippen molar-refractivity contribution in [2.24, 2.45) is 0 Å². The zero-order chi connectivity index (χ0) is 18.7. The number of rotatable bonds is 5. The Bertz CT molecular complexity index is 954. The molecule has 6 nitrogen and oxygen atoms in total. The molecule has 0 saturated carbocycles. The number of hydrogen-bond acceptors (Lipinski definition) is 4. The maximum absolute atomic E-state index is 12.5. The molecule has 0 aliphatic carbocycles. The van der Waals surface area contributed by atoms with E-state index in [1.165, 1.54) is 0 Å². The number of sulfone groups is 1. The molecule has 1 aliphatic rings. The minimum atomic E-state index is -3.17. The second-order valence-corrected chi connectivity index (χ2v) is 8.56. The van der Waals surface area contributed by atoms with Crippen molar-refractivity contribution in [2.45, 2.75) is 18.6 Å². The van der Waals surface area contributed by atoms with E-state index in [9.17, 15) is 18.0 Å². The van der Waals surface area contributed by atoms with E-state index in [2.05, 4.69) is 5.32 Å². The van der Waals surface area contributed by atoms with Crippen LogP contribution >= 0.6 is 0 Å². The summed E-state index contributed by atoms with van der Waals surface area (Å²) >= 11 is 0. The van der Waals surface area contributed by atoms with Crippen LogP contribution < -0.4 is 10.2 Å². The zero-order valence-corrected chi connectivity index (χ0v) is 15.3. The van der Waals surface area contributed by atoms with Crippen LogP contribution in [0.1, 0.15) is 28.8 Å². The second kappa shape index (κ2) is 7.29. The van der Waals surface area contributed by atoms with Crippen molar-refractivity contribution >= 4 is 33.0 Å². The maximum Gasteiger partial charge on any atom is 0.255 e. The Morgan fingerprint density at radius 1 is 1.15 bits per heavy atom. The Hall–Kier alpha value is -2.67.